The quantitative estimate of drug-likeness (QED) is 0.680. The summed E-state index contributed by atoms with van der Waals surface area (Å²) in [6.07, 6.45) is 2.76. The van der Waals surface area contributed by atoms with Gasteiger partial charge >= 0.3 is 31.1 Å². The molecule has 1 heterocycles. The van der Waals surface area contributed by atoms with Crippen LogP contribution in [0.3, 0.4) is 0 Å². The van der Waals surface area contributed by atoms with Gasteiger partial charge in [-0.25, -0.2) is 16.8 Å². The SMILES string of the molecule is COCCN1CCCC1.O=S(=O)(NS(=O)(=O)C(F)(F)F)C(F)(F)F. The van der Waals surface area contributed by atoms with Crippen molar-refractivity contribution >= 4 is 20.0 Å². The number of rotatable bonds is 5. The van der Waals surface area contributed by atoms with Crippen LogP contribution < -0.4 is 4.13 Å². The minimum atomic E-state index is -6.60. The number of alkyl halides is 6. The van der Waals surface area contributed by atoms with Crippen LogP contribution in [-0.2, 0) is 24.8 Å². The second-order valence-corrected chi connectivity index (χ2v) is 8.13. The van der Waals surface area contributed by atoms with Crippen LogP contribution in [0.1, 0.15) is 12.8 Å². The van der Waals surface area contributed by atoms with Crippen LogP contribution in [0.15, 0.2) is 0 Å². The van der Waals surface area contributed by atoms with Crippen molar-refractivity contribution in [1.82, 2.24) is 9.03 Å². The molecule has 0 aromatic carbocycles. The predicted molar refractivity (Wildman–Crippen MR) is 70.6 cm³/mol. The van der Waals surface area contributed by atoms with Crippen molar-refractivity contribution in [3.8, 4) is 0 Å². The normalized spacial score (nSPS) is 17.5. The number of methoxy groups -OCH3 is 1. The number of hydrogen-bond acceptors (Lipinski definition) is 6. The summed E-state index contributed by atoms with van der Waals surface area (Å²) in [5, 5.41) is 0. The highest BCUT2D eigenvalue weighted by molar-refractivity contribution is 8.05. The van der Waals surface area contributed by atoms with Gasteiger partial charge in [0.1, 0.15) is 0 Å². The van der Waals surface area contributed by atoms with Crippen LogP contribution in [0, 0.1) is 0 Å². The van der Waals surface area contributed by atoms with Gasteiger partial charge in [-0.1, -0.05) is 4.13 Å². The zero-order valence-electron chi connectivity index (χ0n) is 12.3. The molecule has 0 radical (unpaired) electrons. The van der Waals surface area contributed by atoms with Crippen molar-refractivity contribution in [1.29, 1.82) is 0 Å². The number of hydrogen-bond donors (Lipinski definition) is 1. The van der Waals surface area contributed by atoms with Gasteiger partial charge in [0.05, 0.1) is 6.61 Å². The number of nitrogens with zero attached hydrogens (tertiary/aromatic N) is 1. The van der Waals surface area contributed by atoms with Gasteiger partial charge in [-0.3, -0.25) is 0 Å². The highest BCUT2D eigenvalue weighted by Gasteiger charge is 2.55. The molecule has 0 bridgehead atoms. The molecule has 0 aliphatic carbocycles. The number of ether oxygens (including phenoxy) is 1. The second kappa shape index (κ2) is 8.64. The van der Waals surface area contributed by atoms with Crippen LogP contribution in [0.2, 0.25) is 0 Å². The van der Waals surface area contributed by atoms with Gasteiger partial charge in [0.25, 0.3) is 0 Å². The Morgan fingerprint density at radius 1 is 0.917 bits per heavy atom. The molecule has 0 atom stereocenters. The van der Waals surface area contributed by atoms with Crippen molar-refractivity contribution in [3.63, 3.8) is 0 Å². The fraction of sp³-hybridized carbons (Fsp3) is 1.00. The second-order valence-electron chi connectivity index (χ2n) is 4.52. The van der Waals surface area contributed by atoms with Crippen LogP contribution in [0.5, 0.6) is 0 Å². The highest BCUT2D eigenvalue weighted by atomic mass is 32.3. The van der Waals surface area contributed by atoms with Crippen LogP contribution in [0.4, 0.5) is 26.3 Å². The monoisotopic (exact) mass is 410 g/mol. The Morgan fingerprint density at radius 2 is 1.29 bits per heavy atom. The summed E-state index contributed by atoms with van der Waals surface area (Å²) in [5.41, 5.74) is -12.3. The number of halogens is 6. The Hall–Kier alpha value is -0.640. The molecule has 146 valence electrons. The van der Waals surface area contributed by atoms with Crippen molar-refractivity contribution < 1.29 is 47.9 Å². The fourth-order valence-electron chi connectivity index (χ4n) is 1.47. The first-order valence-corrected chi connectivity index (χ1v) is 9.23. The van der Waals surface area contributed by atoms with E-state index in [0.717, 1.165) is 13.2 Å². The molecule has 0 spiro atoms. The first-order chi connectivity index (χ1) is 10.6. The van der Waals surface area contributed by atoms with E-state index in [1.54, 1.807) is 7.11 Å². The van der Waals surface area contributed by atoms with Gasteiger partial charge in [0, 0.05) is 13.7 Å². The highest BCUT2D eigenvalue weighted by Crippen LogP contribution is 2.27. The lowest BCUT2D eigenvalue weighted by Crippen LogP contribution is -2.45. The van der Waals surface area contributed by atoms with E-state index >= 15 is 0 Å². The Kier molecular flexibility index (Phi) is 8.41. The summed E-state index contributed by atoms with van der Waals surface area (Å²) in [7, 11) is -11.4. The van der Waals surface area contributed by atoms with E-state index in [0.29, 0.717) is 0 Å². The largest absolute Gasteiger partial charge is 0.512 e. The van der Waals surface area contributed by atoms with E-state index < -0.39 is 35.2 Å². The summed E-state index contributed by atoms with van der Waals surface area (Å²) in [4.78, 5) is 2.45. The standard InChI is InChI=1S/C7H15NO.C2HF6NO4S2/c1-9-7-6-8-4-2-3-5-8;3-1(4,5)14(10,11)9-15(12,13)2(6,7)8/h2-7H2,1H3;9H. The molecule has 0 saturated carbocycles. The van der Waals surface area contributed by atoms with Gasteiger partial charge in [-0.05, 0) is 25.9 Å². The van der Waals surface area contributed by atoms with E-state index in [2.05, 4.69) is 4.90 Å². The van der Waals surface area contributed by atoms with Crippen molar-refractivity contribution in [3.05, 3.63) is 0 Å². The number of nitrogens with one attached hydrogen (secondary N) is 1. The molecule has 0 amide bonds. The molecule has 1 aliphatic heterocycles. The van der Waals surface area contributed by atoms with Gasteiger partial charge < -0.3 is 9.64 Å². The maximum atomic E-state index is 11.5. The summed E-state index contributed by atoms with van der Waals surface area (Å²) < 4.78 is 113. The maximum Gasteiger partial charge on any atom is 0.512 e. The van der Waals surface area contributed by atoms with E-state index in [4.69, 9.17) is 4.74 Å². The third-order valence-electron chi connectivity index (χ3n) is 2.64. The Balaban J connectivity index is 0.000000496. The Labute approximate surface area is 135 Å². The van der Waals surface area contributed by atoms with E-state index in [1.165, 1.54) is 25.9 Å². The van der Waals surface area contributed by atoms with Crippen LogP contribution in [0.25, 0.3) is 0 Å². The maximum absolute atomic E-state index is 11.5. The smallest absolute Gasteiger partial charge is 0.383 e. The van der Waals surface area contributed by atoms with E-state index in [9.17, 15) is 43.2 Å². The minimum absolute atomic E-state index is 0.493. The lowest BCUT2D eigenvalue weighted by Gasteiger charge is -2.12. The minimum Gasteiger partial charge on any atom is -0.383 e. The van der Waals surface area contributed by atoms with Crippen molar-refractivity contribution in [2.24, 2.45) is 0 Å². The van der Waals surface area contributed by atoms with Gasteiger partial charge in [-0.2, -0.15) is 26.3 Å². The van der Waals surface area contributed by atoms with Crippen LogP contribution >= 0.6 is 0 Å². The van der Waals surface area contributed by atoms with E-state index in [1.807, 2.05) is 0 Å². The predicted octanol–water partition coefficient (Wildman–Crippen LogP) is 1.00. The third-order valence-corrected chi connectivity index (χ3v) is 5.61. The van der Waals surface area contributed by atoms with Crippen molar-refractivity contribution in [2.45, 2.75) is 23.9 Å². The third kappa shape index (κ3) is 7.50. The van der Waals surface area contributed by atoms with E-state index in [-0.39, 0.29) is 0 Å². The van der Waals surface area contributed by atoms with Crippen LogP contribution in [-0.4, -0.2) is 66.1 Å². The zero-order chi connectivity index (χ0) is 19.2. The molecule has 1 fully saturated rings. The summed E-state index contributed by atoms with van der Waals surface area (Å²) in [6.45, 7) is 4.57. The molecule has 0 aromatic rings. The van der Waals surface area contributed by atoms with Crippen molar-refractivity contribution in [2.75, 3.05) is 33.4 Å². The molecular formula is C9H16F6N2O5S2. The van der Waals surface area contributed by atoms with Gasteiger partial charge in [-0.15, -0.1) is 0 Å². The zero-order valence-corrected chi connectivity index (χ0v) is 13.9. The molecule has 7 nitrogen and oxygen atoms in total. The molecule has 24 heavy (non-hydrogen) atoms. The fourth-order valence-corrected chi connectivity index (χ4v) is 3.38. The molecular weight excluding hydrogens is 394 g/mol. The molecule has 0 unspecified atom stereocenters. The lowest BCUT2D eigenvalue weighted by molar-refractivity contribution is -0.0476. The molecule has 15 heteroatoms. The van der Waals surface area contributed by atoms with Gasteiger partial charge in [0.2, 0.25) is 0 Å². The Morgan fingerprint density at radius 3 is 1.58 bits per heavy atom. The summed E-state index contributed by atoms with van der Waals surface area (Å²) >= 11 is 0. The molecule has 1 saturated heterocycles. The first-order valence-electron chi connectivity index (χ1n) is 6.26. The summed E-state index contributed by atoms with van der Waals surface area (Å²) in [5.74, 6) is 0. The lowest BCUT2D eigenvalue weighted by atomic mass is 10.4. The molecule has 1 aliphatic rings. The molecule has 1 rings (SSSR count). The molecule has 0 aromatic heterocycles. The average molecular weight is 410 g/mol. The number of sulfonamides is 2. The van der Waals surface area contributed by atoms with Gasteiger partial charge in [0.15, 0.2) is 0 Å². The Bertz CT molecular complexity index is 539. The topological polar surface area (TPSA) is 92.8 Å². The first kappa shape index (κ1) is 23.4. The average Bonchev–Trinajstić information content (AvgIpc) is 2.86. The molecule has 1 N–H and O–H groups in total. The summed E-state index contributed by atoms with van der Waals surface area (Å²) in [6, 6.07) is 0. The number of likely N-dealkylation sites (tertiary alicyclic amines) is 1.